The van der Waals surface area contributed by atoms with Crippen LogP contribution >= 0.6 is 31.9 Å². The lowest BCUT2D eigenvalue weighted by Gasteiger charge is -2.06. The number of hydrogen-bond donors (Lipinski definition) is 3. The molecule has 0 aliphatic rings. The zero-order chi connectivity index (χ0) is 18.0. The highest BCUT2D eigenvalue weighted by molar-refractivity contribution is 9.11. The Labute approximate surface area is 159 Å². The van der Waals surface area contributed by atoms with Gasteiger partial charge < -0.3 is 10.2 Å². The van der Waals surface area contributed by atoms with Crippen LogP contribution in [-0.4, -0.2) is 27.3 Å². The summed E-state index contributed by atoms with van der Waals surface area (Å²) >= 11 is 6.24. The van der Waals surface area contributed by atoms with Crippen LogP contribution < -0.4 is 5.43 Å². The Morgan fingerprint density at radius 3 is 2.76 bits per heavy atom. The number of benzene rings is 2. The highest BCUT2D eigenvalue weighted by Crippen LogP contribution is 2.40. The van der Waals surface area contributed by atoms with Crippen LogP contribution in [0.1, 0.15) is 15.9 Å². The van der Waals surface area contributed by atoms with E-state index in [4.69, 9.17) is 0 Å². The van der Waals surface area contributed by atoms with Crippen molar-refractivity contribution in [3.05, 3.63) is 62.7 Å². The first-order valence-corrected chi connectivity index (χ1v) is 8.64. The van der Waals surface area contributed by atoms with Crippen molar-refractivity contribution in [3.63, 3.8) is 0 Å². The van der Waals surface area contributed by atoms with Crippen LogP contribution in [0.5, 0.6) is 11.5 Å². The molecule has 0 radical (unpaired) electrons. The minimum Gasteiger partial charge on any atom is -0.506 e. The molecule has 3 N–H and O–H groups in total. The maximum atomic E-state index is 12.2. The molecular weight excluding hydrogens is 454 g/mol. The van der Waals surface area contributed by atoms with E-state index in [0.717, 1.165) is 10.9 Å². The van der Waals surface area contributed by atoms with E-state index in [0.29, 0.717) is 15.6 Å². The van der Waals surface area contributed by atoms with Gasteiger partial charge in [-0.05, 0) is 62.2 Å². The van der Waals surface area contributed by atoms with Gasteiger partial charge in [0, 0.05) is 22.7 Å². The van der Waals surface area contributed by atoms with Crippen molar-refractivity contribution in [2.45, 2.75) is 0 Å². The predicted molar refractivity (Wildman–Crippen MR) is 102 cm³/mol. The fraction of sp³-hybridized carbons (Fsp3) is 0. The number of phenols is 2. The Balaban J connectivity index is 1.78. The summed E-state index contributed by atoms with van der Waals surface area (Å²) in [5.41, 5.74) is 3.96. The molecule has 0 saturated heterocycles. The molecule has 0 aliphatic heterocycles. The zero-order valence-electron chi connectivity index (χ0n) is 12.6. The lowest BCUT2D eigenvalue weighted by molar-refractivity contribution is 0.0955. The van der Waals surface area contributed by atoms with Gasteiger partial charge in [-0.15, -0.1) is 0 Å². The lowest BCUT2D eigenvalue weighted by Crippen LogP contribution is -2.17. The van der Waals surface area contributed by atoms with Crippen molar-refractivity contribution in [1.29, 1.82) is 0 Å². The molecule has 3 rings (SSSR count). The smallest absolute Gasteiger partial charge is 0.271 e. The van der Waals surface area contributed by atoms with E-state index in [-0.39, 0.29) is 16.0 Å². The fourth-order valence-corrected chi connectivity index (χ4v) is 3.31. The maximum absolute atomic E-state index is 12.2. The Hall–Kier alpha value is -2.45. The second-order valence-corrected chi connectivity index (χ2v) is 6.72. The second-order valence-electron chi connectivity index (χ2n) is 5.07. The molecule has 0 spiro atoms. The molecule has 0 unspecified atom stereocenters. The lowest BCUT2D eigenvalue weighted by atomic mass is 10.1. The Kier molecular flexibility index (Phi) is 5.00. The molecule has 8 heteroatoms. The number of halogens is 2. The van der Waals surface area contributed by atoms with Gasteiger partial charge in [-0.2, -0.15) is 5.10 Å². The number of pyridine rings is 1. The van der Waals surface area contributed by atoms with Crippen LogP contribution in [0.3, 0.4) is 0 Å². The van der Waals surface area contributed by atoms with Gasteiger partial charge in [0.2, 0.25) is 0 Å². The van der Waals surface area contributed by atoms with Gasteiger partial charge in [0.05, 0.1) is 16.2 Å². The molecule has 1 amide bonds. The first kappa shape index (κ1) is 17.4. The molecular formula is C17H11Br2N3O3. The Bertz CT molecular complexity index is 1010. The second kappa shape index (κ2) is 7.20. The number of phenolic OH excluding ortho intramolecular Hbond substituents is 2. The summed E-state index contributed by atoms with van der Waals surface area (Å²) < 4.78 is 0.517. The number of aromatic hydroxyl groups is 2. The monoisotopic (exact) mass is 463 g/mol. The molecule has 1 aromatic heterocycles. The maximum Gasteiger partial charge on any atom is 0.271 e. The van der Waals surface area contributed by atoms with Gasteiger partial charge in [-0.3, -0.25) is 9.78 Å². The molecule has 2 aromatic carbocycles. The number of hydrogen-bond acceptors (Lipinski definition) is 5. The summed E-state index contributed by atoms with van der Waals surface area (Å²) in [7, 11) is 0. The van der Waals surface area contributed by atoms with Crippen LogP contribution in [0.4, 0.5) is 0 Å². The summed E-state index contributed by atoms with van der Waals surface area (Å²) in [6, 6.07) is 10.3. The summed E-state index contributed by atoms with van der Waals surface area (Å²) in [6.07, 6.45) is 2.97. The predicted octanol–water partition coefficient (Wildman–Crippen LogP) is 3.93. The average molecular weight is 465 g/mol. The fourth-order valence-electron chi connectivity index (χ4n) is 2.16. The standard InChI is InChI=1S/C17H11Br2N3O3/c18-12-7-11(15(23)14(19)16(12)24)8-21-22-17(25)10-3-4-13-9(6-10)2-1-5-20-13/h1-8,23-24H,(H,22,25)/b21-8+. The molecule has 0 saturated carbocycles. The van der Waals surface area contributed by atoms with Crippen molar-refractivity contribution >= 4 is 54.9 Å². The van der Waals surface area contributed by atoms with Crippen molar-refractivity contribution in [2.75, 3.05) is 0 Å². The van der Waals surface area contributed by atoms with Gasteiger partial charge in [0.15, 0.2) is 0 Å². The Morgan fingerprint density at radius 1 is 1.16 bits per heavy atom. The molecule has 126 valence electrons. The van der Waals surface area contributed by atoms with Crippen molar-refractivity contribution < 1.29 is 15.0 Å². The minimum atomic E-state index is -0.390. The van der Waals surface area contributed by atoms with Gasteiger partial charge in [-0.25, -0.2) is 5.43 Å². The van der Waals surface area contributed by atoms with Crippen LogP contribution in [0.15, 0.2) is 56.6 Å². The number of carbonyl (C=O) groups is 1. The van der Waals surface area contributed by atoms with Crippen LogP contribution in [0.2, 0.25) is 0 Å². The van der Waals surface area contributed by atoms with Crippen LogP contribution in [0, 0.1) is 0 Å². The van der Waals surface area contributed by atoms with Crippen LogP contribution in [-0.2, 0) is 0 Å². The number of nitrogens with zero attached hydrogens (tertiary/aromatic N) is 2. The van der Waals surface area contributed by atoms with E-state index in [1.54, 1.807) is 30.5 Å². The van der Waals surface area contributed by atoms with E-state index >= 15 is 0 Å². The third-order valence-electron chi connectivity index (χ3n) is 3.43. The molecule has 3 aromatic rings. The highest BCUT2D eigenvalue weighted by Gasteiger charge is 2.13. The molecule has 0 fully saturated rings. The van der Waals surface area contributed by atoms with E-state index in [9.17, 15) is 15.0 Å². The van der Waals surface area contributed by atoms with Crippen molar-refractivity contribution in [1.82, 2.24) is 10.4 Å². The zero-order valence-corrected chi connectivity index (χ0v) is 15.7. The SMILES string of the molecule is O=C(N/N=C/c1cc(Br)c(O)c(Br)c1O)c1ccc2ncccc2c1. The van der Waals surface area contributed by atoms with Crippen LogP contribution in [0.25, 0.3) is 10.9 Å². The summed E-state index contributed by atoms with van der Waals surface area (Å²) in [5, 5.41) is 24.3. The number of carbonyl (C=O) groups excluding carboxylic acids is 1. The topological polar surface area (TPSA) is 94.8 Å². The number of nitrogens with one attached hydrogen (secondary N) is 1. The van der Waals surface area contributed by atoms with E-state index in [1.807, 2.05) is 6.07 Å². The van der Waals surface area contributed by atoms with E-state index < -0.39 is 5.91 Å². The normalized spacial score (nSPS) is 11.1. The molecule has 0 aliphatic carbocycles. The van der Waals surface area contributed by atoms with Gasteiger partial charge in [0.1, 0.15) is 16.0 Å². The number of rotatable bonds is 3. The van der Waals surface area contributed by atoms with Crippen molar-refractivity contribution in [2.24, 2.45) is 5.10 Å². The van der Waals surface area contributed by atoms with Gasteiger partial charge in [-0.1, -0.05) is 6.07 Å². The molecule has 25 heavy (non-hydrogen) atoms. The average Bonchev–Trinajstić information content (AvgIpc) is 2.63. The number of hydrazone groups is 1. The summed E-state index contributed by atoms with van der Waals surface area (Å²) in [6.45, 7) is 0. The number of amides is 1. The first-order chi connectivity index (χ1) is 12.0. The molecule has 6 nitrogen and oxygen atoms in total. The minimum absolute atomic E-state index is 0.122. The largest absolute Gasteiger partial charge is 0.506 e. The highest BCUT2D eigenvalue weighted by atomic mass is 79.9. The first-order valence-electron chi connectivity index (χ1n) is 7.05. The third-order valence-corrected chi connectivity index (χ3v) is 4.79. The molecule has 1 heterocycles. The van der Waals surface area contributed by atoms with Gasteiger partial charge in [0.25, 0.3) is 5.91 Å². The summed E-state index contributed by atoms with van der Waals surface area (Å²) in [4.78, 5) is 16.4. The molecule has 0 atom stereocenters. The third kappa shape index (κ3) is 3.64. The van der Waals surface area contributed by atoms with Crippen molar-refractivity contribution in [3.8, 4) is 11.5 Å². The summed E-state index contributed by atoms with van der Waals surface area (Å²) in [5.74, 6) is -0.697. The number of fused-ring (bicyclic) bond motifs is 1. The van der Waals surface area contributed by atoms with E-state index in [2.05, 4.69) is 47.4 Å². The molecule has 0 bridgehead atoms. The quantitative estimate of drug-likeness (QED) is 0.404. The number of aromatic nitrogens is 1. The van der Waals surface area contributed by atoms with Gasteiger partial charge >= 0.3 is 0 Å². The Morgan fingerprint density at radius 2 is 1.96 bits per heavy atom. The van der Waals surface area contributed by atoms with E-state index in [1.165, 1.54) is 12.3 Å².